The molecule has 4 atom stereocenters. The van der Waals surface area contributed by atoms with Crippen LogP contribution in [0.5, 0.6) is 11.5 Å². The first-order valence-corrected chi connectivity index (χ1v) is 14.5. The van der Waals surface area contributed by atoms with E-state index in [4.69, 9.17) is 9.47 Å². The van der Waals surface area contributed by atoms with Crippen molar-refractivity contribution in [1.82, 2.24) is 14.7 Å². The van der Waals surface area contributed by atoms with E-state index < -0.39 is 11.9 Å². The molecule has 2 aliphatic rings. The number of carboxylic acids is 1. The van der Waals surface area contributed by atoms with Crippen molar-refractivity contribution in [1.29, 1.82) is 0 Å². The summed E-state index contributed by atoms with van der Waals surface area (Å²) in [6, 6.07) is 5.58. The maximum atomic E-state index is 13.7. The Bertz CT molecular complexity index is 908. The van der Waals surface area contributed by atoms with Gasteiger partial charge in [-0.3, -0.25) is 14.5 Å². The zero-order valence-electron chi connectivity index (χ0n) is 24.2. The lowest BCUT2D eigenvalue weighted by molar-refractivity contribution is -0.144. The van der Waals surface area contributed by atoms with Crippen LogP contribution in [0.3, 0.4) is 0 Å². The summed E-state index contributed by atoms with van der Waals surface area (Å²) in [6.07, 6.45) is 6.93. The number of fused-ring (bicyclic) bond motifs is 1. The first-order chi connectivity index (χ1) is 18.2. The third-order valence-electron chi connectivity index (χ3n) is 8.04. The van der Waals surface area contributed by atoms with E-state index in [0.29, 0.717) is 24.0 Å². The number of likely N-dealkylation sites (tertiary alicyclic amines) is 1. The van der Waals surface area contributed by atoms with Gasteiger partial charge in [-0.2, -0.15) is 0 Å². The number of hydrogen-bond acceptors (Lipinski definition) is 6. The number of carboxylic acid groups (broad SMARTS) is 1. The molecule has 2 heterocycles. The molecule has 0 bridgehead atoms. The van der Waals surface area contributed by atoms with Gasteiger partial charge in [0.15, 0.2) is 11.5 Å². The second-order valence-corrected chi connectivity index (χ2v) is 11.5. The molecule has 8 heteroatoms. The van der Waals surface area contributed by atoms with E-state index in [-0.39, 0.29) is 31.2 Å². The zero-order valence-corrected chi connectivity index (χ0v) is 24.2. The molecule has 0 saturated carbocycles. The van der Waals surface area contributed by atoms with Crippen molar-refractivity contribution in [3.63, 3.8) is 0 Å². The third kappa shape index (κ3) is 8.09. The normalized spacial score (nSPS) is 21.7. The minimum absolute atomic E-state index is 0.118. The second kappa shape index (κ2) is 14.7. The molecule has 0 aliphatic carbocycles. The summed E-state index contributed by atoms with van der Waals surface area (Å²) in [7, 11) is 4.14. The Balaban J connectivity index is 1.81. The van der Waals surface area contributed by atoms with E-state index in [2.05, 4.69) is 44.7 Å². The van der Waals surface area contributed by atoms with Crippen molar-refractivity contribution in [2.24, 2.45) is 11.8 Å². The van der Waals surface area contributed by atoms with Gasteiger partial charge in [0.05, 0.1) is 12.5 Å². The Hall–Kier alpha value is -2.32. The Morgan fingerprint density at radius 2 is 1.76 bits per heavy atom. The average Bonchev–Trinajstić information content (AvgIpc) is 3.47. The quantitative estimate of drug-likeness (QED) is 0.310. The molecule has 1 aromatic carbocycles. The zero-order chi connectivity index (χ0) is 27.7. The van der Waals surface area contributed by atoms with Crippen LogP contribution in [0.15, 0.2) is 18.2 Å². The van der Waals surface area contributed by atoms with Crippen LogP contribution < -0.4 is 9.47 Å². The minimum Gasteiger partial charge on any atom is -0.481 e. The van der Waals surface area contributed by atoms with Crippen LogP contribution in [0.2, 0.25) is 0 Å². The summed E-state index contributed by atoms with van der Waals surface area (Å²) in [4.78, 5) is 32.7. The van der Waals surface area contributed by atoms with Crippen molar-refractivity contribution in [3.8, 4) is 11.5 Å². The van der Waals surface area contributed by atoms with Gasteiger partial charge in [-0.25, -0.2) is 0 Å². The molecular weight excluding hydrogens is 482 g/mol. The third-order valence-corrected chi connectivity index (χ3v) is 8.04. The molecule has 1 fully saturated rings. The Labute approximate surface area is 229 Å². The first kappa shape index (κ1) is 30.2. The number of hydrogen-bond donors (Lipinski definition) is 1. The van der Waals surface area contributed by atoms with Crippen molar-refractivity contribution in [2.75, 3.05) is 53.6 Å². The fraction of sp³-hybridized carbons (Fsp3) is 0.733. The van der Waals surface area contributed by atoms with Crippen LogP contribution >= 0.6 is 0 Å². The summed E-state index contributed by atoms with van der Waals surface area (Å²) in [6.45, 7) is 10.0. The molecule has 0 aromatic heterocycles. The standard InChI is InChI=1S/C30H49N3O5/c1-6-8-15-32(16-10-9-14-31(4)5)28(34)20-33-19-24(23-12-13-26-27(18-23)38-21-37-26)29(30(35)36)25(33)17-22(3)11-7-2/h12-13,18,22,24-25,29H,6-11,14-17,19-21H2,1-5H3,(H,35,36). The van der Waals surface area contributed by atoms with E-state index >= 15 is 0 Å². The fourth-order valence-corrected chi connectivity index (χ4v) is 6.01. The number of amides is 1. The van der Waals surface area contributed by atoms with E-state index in [1.165, 1.54) is 0 Å². The fourth-order valence-electron chi connectivity index (χ4n) is 6.01. The maximum Gasteiger partial charge on any atom is 0.308 e. The average molecular weight is 532 g/mol. The van der Waals surface area contributed by atoms with Gasteiger partial charge in [-0.1, -0.05) is 46.1 Å². The minimum atomic E-state index is -0.789. The van der Waals surface area contributed by atoms with E-state index in [1.807, 2.05) is 23.1 Å². The number of ether oxygens (including phenoxy) is 2. The summed E-state index contributed by atoms with van der Waals surface area (Å²) < 4.78 is 11.1. The Morgan fingerprint density at radius 3 is 2.45 bits per heavy atom. The number of rotatable bonds is 16. The van der Waals surface area contributed by atoms with Gasteiger partial charge in [-0.15, -0.1) is 0 Å². The monoisotopic (exact) mass is 531 g/mol. The smallest absolute Gasteiger partial charge is 0.308 e. The highest BCUT2D eigenvalue weighted by molar-refractivity contribution is 5.79. The molecule has 214 valence electrons. The van der Waals surface area contributed by atoms with Gasteiger partial charge in [0.1, 0.15) is 0 Å². The van der Waals surface area contributed by atoms with Crippen LogP contribution in [0.25, 0.3) is 0 Å². The predicted octanol–water partition coefficient (Wildman–Crippen LogP) is 4.68. The van der Waals surface area contributed by atoms with E-state index in [1.54, 1.807) is 0 Å². The molecule has 1 saturated heterocycles. The van der Waals surface area contributed by atoms with Crippen molar-refractivity contribution >= 4 is 11.9 Å². The predicted molar refractivity (Wildman–Crippen MR) is 150 cm³/mol. The molecule has 3 rings (SSSR count). The molecule has 0 radical (unpaired) electrons. The van der Waals surface area contributed by atoms with Gasteiger partial charge in [0.25, 0.3) is 0 Å². The molecule has 1 N–H and O–H groups in total. The Morgan fingerprint density at radius 1 is 1.05 bits per heavy atom. The second-order valence-electron chi connectivity index (χ2n) is 11.5. The lowest BCUT2D eigenvalue weighted by Crippen LogP contribution is -2.45. The highest BCUT2D eigenvalue weighted by atomic mass is 16.7. The number of carbonyl (C=O) groups is 2. The van der Waals surface area contributed by atoms with Crippen LogP contribution in [-0.4, -0.2) is 91.3 Å². The molecule has 38 heavy (non-hydrogen) atoms. The number of aliphatic carboxylic acids is 1. The maximum absolute atomic E-state index is 13.7. The van der Waals surface area contributed by atoms with Crippen molar-refractivity contribution < 1.29 is 24.2 Å². The van der Waals surface area contributed by atoms with Crippen molar-refractivity contribution in [2.45, 2.75) is 77.7 Å². The van der Waals surface area contributed by atoms with Crippen LogP contribution in [0.4, 0.5) is 0 Å². The van der Waals surface area contributed by atoms with E-state index in [0.717, 1.165) is 70.1 Å². The van der Waals surface area contributed by atoms with Gasteiger partial charge in [0, 0.05) is 31.6 Å². The summed E-state index contributed by atoms with van der Waals surface area (Å²) in [5, 5.41) is 10.4. The molecule has 0 spiro atoms. The topological polar surface area (TPSA) is 82.5 Å². The molecule has 1 aromatic rings. The van der Waals surface area contributed by atoms with Gasteiger partial charge >= 0.3 is 5.97 Å². The number of unbranched alkanes of at least 4 members (excludes halogenated alkanes) is 2. The summed E-state index contributed by atoms with van der Waals surface area (Å²) >= 11 is 0. The SMILES string of the molecule is CCCCN(CCCCN(C)C)C(=O)CN1CC(c2ccc3c(c2)OCO3)C(C(=O)O)C1CC(C)CCC. The van der Waals surface area contributed by atoms with E-state index in [9.17, 15) is 14.7 Å². The van der Waals surface area contributed by atoms with Gasteiger partial charge < -0.3 is 24.4 Å². The Kier molecular flexibility index (Phi) is 11.7. The van der Waals surface area contributed by atoms with Crippen LogP contribution in [-0.2, 0) is 9.59 Å². The largest absolute Gasteiger partial charge is 0.481 e. The van der Waals surface area contributed by atoms with Crippen molar-refractivity contribution in [3.05, 3.63) is 23.8 Å². The highest BCUT2D eigenvalue weighted by Crippen LogP contribution is 2.43. The molecular formula is C30H49N3O5. The van der Waals surface area contributed by atoms with Crippen LogP contribution in [0, 0.1) is 11.8 Å². The number of benzene rings is 1. The summed E-state index contributed by atoms with van der Waals surface area (Å²) in [5.41, 5.74) is 0.941. The van der Waals surface area contributed by atoms with Gasteiger partial charge in [0.2, 0.25) is 12.7 Å². The lowest BCUT2D eigenvalue weighted by atomic mass is 9.81. The molecule has 4 unspecified atom stereocenters. The molecule has 1 amide bonds. The lowest BCUT2D eigenvalue weighted by Gasteiger charge is -2.31. The molecule has 2 aliphatic heterocycles. The van der Waals surface area contributed by atoms with Gasteiger partial charge in [-0.05, 0) is 69.9 Å². The first-order valence-electron chi connectivity index (χ1n) is 14.5. The van der Waals surface area contributed by atoms with Crippen LogP contribution in [0.1, 0.15) is 77.2 Å². The molecule has 8 nitrogen and oxygen atoms in total. The number of nitrogens with zero attached hydrogens (tertiary/aromatic N) is 3. The highest BCUT2D eigenvalue weighted by Gasteiger charge is 2.47. The number of carbonyl (C=O) groups excluding carboxylic acids is 1. The summed E-state index contributed by atoms with van der Waals surface area (Å²) in [5.74, 6) is 0.293.